The average Bonchev–Trinajstić information content (AvgIpc) is 2.52. The van der Waals surface area contributed by atoms with Crippen LogP contribution in [0.1, 0.15) is 18.4 Å². The van der Waals surface area contributed by atoms with Crippen molar-refractivity contribution in [2.24, 2.45) is 5.73 Å². The first-order valence-corrected chi connectivity index (χ1v) is 9.04. The maximum Gasteiger partial charge on any atom is 0.240 e. The molecule has 0 bridgehead atoms. The molecule has 0 aromatic heterocycles. The number of hydrogen-bond donors (Lipinski definition) is 2. The summed E-state index contributed by atoms with van der Waals surface area (Å²) in [5, 5.41) is 0. The Bertz CT molecular complexity index is 734. The normalized spacial score (nSPS) is 10.9. The van der Waals surface area contributed by atoms with Crippen molar-refractivity contribution >= 4 is 22.4 Å². The Morgan fingerprint density at radius 1 is 1.04 bits per heavy atom. The maximum absolute atomic E-state index is 12.1. The first-order valence-electron chi connectivity index (χ1n) is 7.55. The van der Waals surface area contributed by atoms with Gasteiger partial charge in [-0.05, 0) is 68.3 Å². The fourth-order valence-electron chi connectivity index (χ4n) is 2.06. The van der Waals surface area contributed by atoms with E-state index in [-0.39, 0.29) is 17.3 Å². The van der Waals surface area contributed by atoms with E-state index in [9.17, 15) is 8.42 Å². The Morgan fingerprint density at radius 3 is 2.38 bits per heavy atom. The zero-order valence-corrected chi connectivity index (χ0v) is 15.2. The van der Waals surface area contributed by atoms with E-state index in [0.29, 0.717) is 18.8 Å². The Morgan fingerprint density at radius 2 is 1.75 bits per heavy atom. The first-order chi connectivity index (χ1) is 11.0. The number of hydrogen-bond acceptors (Lipinski definition) is 4. The van der Waals surface area contributed by atoms with Crippen molar-refractivity contribution < 1.29 is 13.2 Å². The van der Waals surface area contributed by atoms with E-state index >= 15 is 0 Å². The molecule has 0 aliphatic heterocycles. The van der Waals surface area contributed by atoms with Gasteiger partial charge in [0.05, 0.1) is 4.90 Å². The van der Waals surface area contributed by atoms with Crippen molar-refractivity contribution in [2.45, 2.75) is 24.7 Å². The number of halogens is 1. The van der Waals surface area contributed by atoms with Crippen molar-refractivity contribution in [3.05, 3.63) is 54.1 Å². The lowest BCUT2D eigenvalue weighted by Gasteiger charge is -2.09. The summed E-state index contributed by atoms with van der Waals surface area (Å²) in [6.45, 7) is 2.94. The zero-order valence-electron chi connectivity index (χ0n) is 13.6. The van der Waals surface area contributed by atoms with Gasteiger partial charge in [-0.3, -0.25) is 0 Å². The Balaban J connectivity index is 0.00000288. The molecule has 2 aromatic carbocycles. The number of benzene rings is 2. The van der Waals surface area contributed by atoms with Gasteiger partial charge in [-0.1, -0.05) is 12.1 Å². The SMILES string of the molecule is Cc1cccc(Oc2ccc(S(=O)(=O)NCCCCN)cc2)c1.Cl. The highest BCUT2D eigenvalue weighted by Crippen LogP contribution is 2.23. The monoisotopic (exact) mass is 370 g/mol. The predicted octanol–water partition coefficient (Wildman–Crippen LogP) is 3.23. The number of nitrogens with two attached hydrogens (primary N) is 1. The standard InChI is InChI=1S/C17H22N2O3S.ClH/c1-14-5-4-6-16(13-14)22-15-7-9-17(10-8-15)23(20,21)19-12-3-2-11-18;/h4-10,13,19H,2-3,11-12,18H2,1H3;1H. The van der Waals surface area contributed by atoms with E-state index in [1.54, 1.807) is 12.1 Å². The highest BCUT2D eigenvalue weighted by atomic mass is 35.5. The second-order valence-electron chi connectivity index (χ2n) is 5.28. The van der Waals surface area contributed by atoms with Gasteiger partial charge in [0.15, 0.2) is 0 Å². The molecule has 0 aliphatic carbocycles. The molecule has 0 aliphatic rings. The van der Waals surface area contributed by atoms with Crippen LogP contribution in [0.15, 0.2) is 53.4 Å². The van der Waals surface area contributed by atoms with Crippen LogP contribution in [0.25, 0.3) is 0 Å². The number of aryl methyl sites for hydroxylation is 1. The lowest BCUT2D eigenvalue weighted by Crippen LogP contribution is -2.25. The molecule has 0 saturated heterocycles. The van der Waals surface area contributed by atoms with Crippen LogP contribution >= 0.6 is 12.4 Å². The van der Waals surface area contributed by atoms with Crippen molar-refractivity contribution in [3.8, 4) is 11.5 Å². The Hall–Kier alpha value is -1.60. The fourth-order valence-corrected chi connectivity index (χ4v) is 3.14. The molecule has 0 fully saturated rings. The summed E-state index contributed by atoms with van der Waals surface area (Å²) in [6, 6.07) is 14.0. The highest BCUT2D eigenvalue weighted by molar-refractivity contribution is 7.89. The van der Waals surface area contributed by atoms with Crippen LogP contribution in [0.4, 0.5) is 0 Å². The molecular formula is C17H23ClN2O3S. The molecule has 0 heterocycles. The fraction of sp³-hybridized carbons (Fsp3) is 0.294. The number of ether oxygens (including phenoxy) is 1. The molecule has 5 nitrogen and oxygen atoms in total. The van der Waals surface area contributed by atoms with E-state index in [4.69, 9.17) is 10.5 Å². The molecule has 0 spiro atoms. The molecule has 2 aromatic rings. The summed E-state index contributed by atoms with van der Waals surface area (Å²) < 4.78 is 32.5. The van der Waals surface area contributed by atoms with Crippen LogP contribution < -0.4 is 15.2 Å². The molecule has 0 saturated carbocycles. The molecule has 0 unspecified atom stereocenters. The summed E-state index contributed by atoms with van der Waals surface area (Å²) in [5.74, 6) is 1.32. The summed E-state index contributed by atoms with van der Waals surface area (Å²) in [6.07, 6.45) is 1.52. The minimum absolute atomic E-state index is 0. The highest BCUT2D eigenvalue weighted by Gasteiger charge is 2.13. The van der Waals surface area contributed by atoms with E-state index in [1.807, 2.05) is 31.2 Å². The van der Waals surface area contributed by atoms with Gasteiger partial charge in [-0.15, -0.1) is 12.4 Å². The number of sulfonamides is 1. The van der Waals surface area contributed by atoms with Crippen LogP contribution in [-0.2, 0) is 10.0 Å². The molecule has 24 heavy (non-hydrogen) atoms. The molecular weight excluding hydrogens is 348 g/mol. The first kappa shape index (κ1) is 20.4. The molecule has 2 rings (SSSR count). The van der Waals surface area contributed by atoms with E-state index in [1.165, 1.54) is 12.1 Å². The van der Waals surface area contributed by atoms with Crippen molar-refractivity contribution in [1.82, 2.24) is 4.72 Å². The van der Waals surface area contributed by atoms with Crippen LogP contribution in [0.3, 0.4) is 0 Å². The largest absolute Gasteiger partial charge is 0.457 e. The van der Waals surface area contributed by atoms with Crippen molar-refractivity contribution in [3.63, 3.8) is 0 Å². The summed E-state index contributed by atoms with van der Waals surface area (Å²) in [5.41, 5.74) is 6.49. The average molecular weight is 371 g/mol. The third-order valence-corrected chi connectivity index (χ3v) is 4.76. The quantitative estimate of drug-likeness (QED) is 0.699. The predicted molar refractivity (Wildman–Crippen MR) is 98.4 cm³/mol. The van der Waals surface area contributed by atoms with Crippen LogP contribution in [-0.4, -0.2) is 21.5 Å². The lowest BCUT2D eigenvalue weighted by molar-refractivity contribution is 0.481. The number of unbranched alkanes of at least 4 members (excludes halogenated alkanes) is 1. The molecule has 0 radical (unpaired) electrons. The van der Waals surface area contributed by atoms with Gasteiger partial charge < -0.3 is 10.5 Å². The zero-order chi connectivity index (χ0) is 16.7. The van der Waals surface area contributed by atoms with Crippen LogP contribution in [0.5, 0.6) is 11.5 Å². The smallest absolute Gasteiger partial charge is 0.240 e. The summed E-state index contributed by atoms with van der Waals surface area (Å²) >= 11 is 0. The molecule has 0 atom stereocenters. The lowest BCUT2D eigenvalue weighted by atomic mass is 10.2. The van der Waals surface area contributed by atoms with E-state index < -0.39 is 10.0 Å². The maximum atomic E-state index is 12.1. The molecule has 7 heteroatoms. The molecule has 132 valence electrons. The molecule has 0 amide bonds. The number of rotatable bonds is 8. The van der Waals surface area contributed by atoms with Gasteiger partial charge in [-0.2, -0.15) is 0 Å². The van der Waals surface area contributed by atoms with E-state index in [0.717, 1.165) is 24.2 Å². The minimum atomic E-state index is -3.48. The minimum Gasteiger partial charge on any atom is -0.457 e. The third kappa shape index (κ3) is 6.13. The Labute approximate surface area is 149 Å². The second-order valence-corrected chi connectivity index (χ2v) is 7.05. The second kappa shape index (κ2) is 9.64. The van der Waals surface area contributed by atoms with Gasteiger partial charge in [0.25, 0.3) is 0 Å². The third-order valence-electron chi connectivity index (χ3n) is 3.28. The Kier molecular flexibility index (Phi) is 8.21. The van der Waals surface area contributed by atoms with Crippen molar-refractivity contribution in [1.29, 1.82) is 0 Å². The summed E-state index contributed by atoms with van der Waals surface area (Å²) in [7, 11) is -3.48. The number of nitrogens with one attached hydrogen (secondary N) is 1. The van der Waals surface area contributed by atoms with Gasteiger partial charge >= 0.3 is 0 Å². The van der Waals surface area contributed by atoms with Crippen LogP contribution in [0, 0.1) is 6.92 Å². The summed E-state index contributed by atoms with van der Waals surface area (Å²) in [4.78, 5) is 0.224. The topological polar surface area (TPSA) is 81.4 Å². The molecule has 3 N–H and O–H groups in total. The van der Waals surface area contributed by atoms with Gasteiger partial charge in [-0.25, -0.2) is 13.1 Å². The van der Waals surface area contributed by atoms with Gasteiger partial charge in [0.2, 0.25) is 10.0 Å². The van der Waals surface area contributed by atoms with Crippen LogP contribution in [0.2, 0.25) is 0 Å². The van der Waals surface area contributed by atoms with Gasteiger partial charge in [0.1, 0.15) is 11.5 Å². The van der Waals surface area contributed by atoms with E-state index in [2.05, 4.69) is 4.72 Å². The van der Waals surface area contributed by atoms with Crippen molar-refractivity contribution in [2.75, 3.05) is 13.1 Å². The van der Waals surface area contributed by atoms with Gasteiger partial charge in [0, 0.05) is 6.54 Å².